The highest BCUT2D eigenvalue weighted by atomic mass is 16.6. The molecule has 0 aromatic heterocycles. The van der Waals surface area contributed by atoms with Gasteiger partial charge in [-0.1, -0.05) is 26.0 Å². The van der Waals surface area contributed by atoms with Crippen molar-refractivity contribution in [2.45, 2.75) is 51.4 Å². The Kier molecular flexibility index (Phi) is 2.25. The summed E-state index contributed by atoms with van der Waals surface area (Å²) in [6.45, 7) is 9.94. The van der Waals surface area contributed by atoms with Crippen molar-refractivity contribution < 1.29 is 14.6 Å². The molecule has 2 aliphatic carbocycles. The lowest BCUT2D eigenvalue weighted by atomic mass is 9.57. The highest BCUT2D eigenvalue weighted by Gasteiger charge is 2.73. The predicted octanol–water partition coefficient (Wildman–Crippen LogP) is 2.01. The van der Waals surface area contributed by atoms with Crippen LogP contribution in [0.3, 0.4) is 0 Å². The van der Waals surface area contributed by atoms with Crippen molar-refractivity contribution in [3.05, 3.63) is 23.8 Å². The maximum absolute atomic E-state index is 12.3. The maximum Gasteiger partial charge on any atom is 0.194 e. The Morgan fingerprint density at radius 3 is 2.89 bits per heavy atom. The minimum Gasteiger partial charge on any atom is -0.393 e. The molecular formula is C15H20O3. The van der Waals surface area contributed by atoms with Crippen LogP contribution in [0.25, 0.3) is 0 Å². The molecule has 1 aliphatic heterocycles. The number of carbonyl (C=O) groups is 1. The first-order valence-corrected chi connectivity index (χ1v) is 6.62. The van der Waals surface area contributed by atoms with Crippen molar-refractivity contribution in [3.8, 4) is 0 Å². The van der Waals surface area contributed by atoms with Crippen molar-refractivity contribution in [1.82, 2.24) is 0 Å². The molecule has 1 heterocycles. The van der Waals surface area contributed by atoms with Crippen molar-refractivity contribution in [3.63, 3.8) is 0 Å². The summed E-state index contributed by atoms with van der Waals surface area (Å²) in [7, 11) is 0. The largest absolute Gasteiger partial charge is 0.393 e. The quantitative estimate of drug-likeness (QED) is 0.570. The van der Waals surface area contributed by atoms with Crippen molar-refractivity contribution in [1.29, 1.82) is 0 Å². The Balaban J connectivity index is 2.10. The van der Waals surface area contributed by atoms with Crippen LogP contribution in [-0.4, -0.2) is 28.7 Å². The summed E-state index contributed by atoms with van der Waals surface area (Å²) in [5.41, 5.74) is 0.889. The Morgan fingerprint density at radius 1 is 1.61 bits per heavy atom. The SMILES string of the molecule is C=C(C)[C@]12O[C@@H]1[C@@]1(C)C(=CC2=O)CC[C@@H](O)[C@@H]1C. The summed E-state index contributed by atoms with van der Waals surface area (Å²) >= 11 is 0. The number of rotatable bonds is 1. The molecule has 3 rings (SSSR count). The summed E-state index contributed by atoms with van der Waals surface area (Å²) in [4.78, 5) is 12.3. The molecule has 0 amide bonds. The van der Waals surface area contributed by atoms with Gasteiger partial charge in [0.25, 0.3) is 0 Å². The van der Waals surface area contributed by atoms with Crippen LogP contribution in [0.2, 0.25) is 0 Å². The number of carbonyl (C=O) groups excluding carboxylic acids is 1. The summed E-state index contributed by atoms with van der Waals surface area (Å²) in [5, 5.41) is 10.1. The number of ether oxygens (including phenoxy) is 1. The number of epoxide rings is 1. The fourth-order valence-corrected chi connectivity index (χ4v) is 3.83. The van der Waals surface area contributed by atoms with E-state index < -0.39 is 5.60 Å². The van der Waals surface area contributed by atoms with Crippen LogP contribution in [0.4, 0.5) is 0 Å². The highest BCUT2D eigenvalue weighted by molar-refractivity contribution is 6.04. The van der Waals surface area contributed by atoms with Gasteiger partial charge in [-0.05, 0) is 37.3 Å². The molecule has 98 valence electrons. The van der Waals surface area contributed by atoms with E-state index in [1.165, 1.54) is 0 Å². The van der Waals surface area contributed by atoms with Crippen LogP contribution in [0, 0.1) is 11.3 Å². The molecule has 2 fully saturated rings. The van der Waals surface area contributed by atoms with Gasteiger partial charge in [-0.15, -0.1) is 0 Å². The minimum atomic E-state index is -0.802. The molecule has 0 aromatic rings. The molecule has 1 saturated carbocycles. The van der Waals surface area contributed by atoms with Gasteiger partial charge in [-0.2, -0.15) is 0 Å². The Labute approximate surface area is 108 Å². The van der Waals surface area contributed by atoms with E-state index in [9.17, 15) is 9.90 Å². The Hall–Kier alpha value is -0.930. The van der Waals surface area contributed by atoms with Gasteiger partial charge in [0.05, 0.1) is 6.10 Å². The summed E-state index contributed by atoms with van der Waals surface area (Å²) < 4.78 is 5.82. The van der Waals surface area contributed by atoms with Gasteiger partial charge in [0.2, 0.25) is 0 Å². The third-order valence-electron chi connectivity index (χ3n) is 5.39. The fraction of sp³-hybridized carbons (Fsp3) is 0.667. The first-order valence-electron chi connectivity index (χ1n) is 6.62. The molecule has 0 radical (unpaired) electrons. The van der Waals surface area contributed by atoms with Gasteiger partial charge in [0.15, 0.2) is 11.4 Å². The fourth-order valence-electron chi connectivity index (χ4n) is 3.83. The molecule has 1 saturated heterocycles. The van der Waals surface area contributed by atoms with Gasteiger partial charge in [-0.3, -0.25) is 4.79 Å². The third kappa shape index (κ3) is 1.14. The lowest BCUT2D eigenvalue weighted by Crippen LogP contribution is -2.50. The van der Waals surface area contributed by atoms with Crippen LogP contribution >= 0.6 is 0 Å². The molecule has 0 aromatic carbocycles. The topological polar surface area (TPSA) is 49.8 Å². The molecule has 3 nitrogen and oxygen atoms in total. The number of hydrogen-bond donors (Lipinski definition) is 1. The van der Waals surface area contributed by atoms with Gasteiger partial charge < -0.3 is 9.84 Å². The van der Waals surface area contributed by atoms with Crippen LogP contribution in [0.5, 0.6) is 0 Å². The Bertz CT molecular complexity index is 478. The van der Waals surface area contributed by atoms with E-state index in [-0.39, 0.29) is 29.3 Å². The van der Waals surface area contributed by atoms with E-state index in [0.717, 1.165) is 24.0 Å². The van der Waals surface area contributed by atoms with Crippen LogP contribution in [-0.2, 0) is 9.53 Å². The van der Waals surface area contributed by atoms with Crippen molar-refractivity contribution in [2.24, 2.45) is 11.3 Å². The average molecular weight is 248 g/mol. The number of hydrogen-bond acceptors (Lipinski definition) is 3. The average Bonchev–Trinajstić information content (AvgIpc) is 3.06. The van der Waals surface area contributed by atoms with E-state index in [1.807, 2.05) is 6.92 Å². The lowest BCUT2D eigenvalue weighted by molar-refractivity contribution is -0.118. The normalized spacial score (nSPS) is 50.1. The molecule has 18 heavy (non-hydrogen) atoms. The van der Waals surface area contributed by atoms with Crippen LogP contribution in [0.15, 0.2) is 23.8 Å². The second-order valence-corrected chi connectivity index (χ2v) is 6.23. The second-order valence-electron chi connectivity index (χ2n) is 6.23. The summed E-state index contributed by atoms with van der Waals surface area (Å²) in [6.07, 6.45) is 2.83. The zero-order valence-corrected chi connectivity index (χ0v) is 11.2. The zero-order valence-electron chi connectivity index (χ0n) is 11.2. The molecule has 0 unspecified atom stereocenters. The molecule has 0 bridgehead atoms. The van der Waals surface area contributed by atoms with Gasteiger partial charge in [0.1, 0.15) is 6.10 Å². The number of fused-ring (bicyclic) bond motifs is 3. The zero-order chi connectivity index (χ0) is 13.3. The lowest BCUT2D eigenvalue weighted by Gasteiger charge is -2.46. The van der Waals surface area contributed by atoms with Crippen LogP contribution in [0.1, 0.15) is 33.6 Å². The van der Waals surface area contributed by atoms with E-state index in [2.05, 4.69) is 20.4 Å². The summed E-state index contributed by atoms with van der Waals surface area (Å²) in [6, 6.07) is 0. The van der Waals surface area contributed by atoms with Crippen LogP contribution < -0.4 is 0 Å². The van der Waals surface area contributed by atoms with Gasteiger partial charge >= 0.3 is 0 Å². The Morgan fingerprint density at radius 2 is 2.28 bits per heavy atom. The number of aliphatic hydroxyl groups excluding tert-OH is 1. The standard InChI is InChI=1S/C15H20O3/c1-8(2)15-12(17)7-10-5-6-11(16)9(3)14(10,4)13(15)18-15/h7,9,11,13,16H,1,5-6H2,2-4H3/t9-,11+,13+,14+,15+/m0/s1. The van der Waals surface area contributed by atoms with Crippen molar-refractivity contribution in [2.75, 3.05) is 0 Å². The van der Waals surface area contributed by atoms with E-state index in [4.69, 9.17) is 4.74 Å². The minimum absolute atomic E-state index is 0.0380. The summed E-state index contributed by atoms with van der Waals surface area (Å²) in [5.74, 6) is 0.146. The van der Waals surface area contributed by atoms with Crippen molar-refractivity contribution >= 4 is 5.78 Å². The molecule has 3 heteroatoms. The highest BCUT2D eigenvalue weighted by Crippen LogP contribution is 2.63. The van der Waals surface area contributed by atoms with Gasteiger partial charge in [0, 0.05) is 5.41 Å². The molecule has 1 N–H and O–H groups in total. The smallest absolute Gasteiger partial charge is 0.194 e. The van der Waals surface area contributed by atoms with E-state index in [0.29, 0.717) is 0 Å². The molecule has 0 spiro atoms. The predicted molar refractivity (Wildman–Crippen MR) is 68.0 cm³/mol. The molecule has 3 aliphatic rings. The first-order chi connectivity index (χ1) is 8.35. The van der Waals surface area contributed by atoms with Gasteiger partial charge in [-0.25, -0.2) is 0 Å². The maximum atomic E-state index is 12.3. The monoisotopic (exact) mass is 248 g/mol. The molecular weight excluding hydrogens is 228 g/mol. The third-order valence-corrected chi connectivity index (χ3v) is 5.39. The first kappa shape index (κ1) is 12.1. The van der Waals surface area contributed by atoms with E-state index in [1.54, 1.807) is 6.08 Å². The number of ketones is 1. The number of aliphatic hydroxyl groups is 1. The second kappa shape index (κ2) is 3.34. The van der Waals surface area contributed by atoms with E-state index >= 15 is 0 Å². The molecule has 5 atom stereocenters.